The van der Waals surface area contributed by atoms with Gasteiger partial charge in [0, 0.05) is 18.0 Å². The highest BCUT2D eigenvalue weighted by Crippen LogP contribution is 2.38. The molecule has 6 aromatic rings. The number of hydrogen-bond acceptors (Lipinski definition) is 4. The van der Waals surface area contributed by atoms with Gasteiger partial charge in [0.25, 0.3) is 0 Å². The van der Waals surface area contributed by atoms with Crippen LogP contribution in [0.15, 0.2) is 122 Å². The number of hydrogen-bond donors (Lipinski definition) is 0. The fraction of sp³-hybridized carbons (Fsp3) is 0. The SMILES string of the molecule is c1ccc(-c2ccc(-c3cc(-c4ccncc4)cc(-c4ncncn4)c3)c3ccccc23)cc1. The molecule has 0 saturated heterocycles. The number of pyridine rings is 1. The molecule has 4 nitrogen and oxygen atoms in total. The van der Waals surface area contributed by atoms with E-state index in [1.165, 1.54) is 40.1 Å². The highest BCUT2D eigenvalue weighted by atomic mass is 15.0. The van der Waals surface area contributed by atoms with Crippen LogP contribution >= 0.6 is 0 Å². The summed E-state index contributed by atoms with van der Waals surface area (Å²) in [4.78, 5) is 17.0. The van der Waals surface area contributed by atoms with E-state index in [1.807, 2.05) is 30.6 Å². The van der Waals surface area contributed by atoms with Crippen LogP contribution in [0.5, 0.6) is 0 Å². The van der Waals surface area contributed by atoms with Gasteiger partial charge >= 0.3 is 0 Å². The van der Waals surface area contributed by atoms with Gasteiger partial charge in [-0.2, -0.15) is 0 Å². The number of nitrogens with zero attached hydrogens (tertiary/aromatic N) is 4. The monoisotopic (exact) mass is 436 g/mol. The predicted octanol–water partition coefficient (Wildman–Crippen LogP) is 7.09. The van der Waals surface area contributed by atoms with Crippen molar-refractivity contribution in [2.45, 2.75) is 0 Å². The van der Waals surface area contributed by atoms with E-state index in [9.17, 15) is 0 Å². The van der Waals surface area contributed by atoms with E-state index in [0.29, 0.717) is 5.82 Å². The summed E-state index contributed by atoms with van der Waals surface area (Å²) < 4.78 is 0. The minimum Gasteiger partial charge on any atom is -0.265 e. The second-order valence-corrected chi connectivity index (χ2v) is 8.07. The van der Waals surface area contributed by atoms with Gasteiger partial charge in [-0.05, 0) is 74.5 Å². The Morgan fingerprint density at radius 2 is 1.00 bits per heavy atom. The smallest absolute Gasteiger partial charge is 0.162 e. The lowest BCUT2D eigenvalue weighted by atomic mass is 9.90. The zero-order chi connectivity index (χ0) is 22.7. The summed E-state index contributed by atoms with van der Waals surface area (Å²) >= 11 is 0. The van der Waals surface area contributed by atoms with Crippen molar-refractivity contribution in [3.63, 3.8) is 0 Å². The first-order valence-corrected chi connectivity index (χ1v) is 11.1. The Kier molecular flexibility index (Phi) is 5.09. The van der Waals surface area contributed by atoms with Gasteiger partial charge in [0.05, 0.1) is 0 Å². The van der Waals surface area contributed by atoms with Crippen molar-refractivity contribution >= 4 is 10.8 Å². The molecule has 0 unspecified atom stereocenters. The molecule has 4 heteroatoms. The molecule has 2 heterocycles. The van der Waals surface area contributed by atoms with Crippen molar-refractivity contribution in [1.29, 1.82) is 0 Å². The number of aromatic nitrogens is 4. The van der Waals surface area contributed by atoms with E-state index < -0.39 is 0 Å². The van der Waals surface area contributed by atoms with E-state index in [0.717, 1.165) is 22.3 Å². The summed E-state index contributed by atoms with van der Waals surface area (Å²) in [6.07, 6.45) is 6.69. The third-order valence-corrected chi connectivity index (χ3v) is 6.02. The average molecular weight is 437 g/mol. The van der Waals surface area contributed by atoms with Gasteiger partial charge in [0.2, 0.25) is 0 Å². The van der Waals surface area contributed by atoms with Crippen LogP contribution in [0, 0.1) is 0 Å². The van der Waals surface area contributed by atoms with Crippen molar-refractivity contribution in [2.75, 3.05) is 0 Å². The Bertz CT molecular complexity index is 1520. The molecule has 0 radical (unpaired) electrons. The van der Waals surface area contributed by atoms with Crippen LogP contribution < -0.4 is 0 Å². The molecule has 0 spiro atoms. The molecule has 0 aliphatic heterocycles. The van der Waals surface area contributed by atoms with Crippen LogP contribution in [0.2, 0.25) is 0 Å². The van der Waals surface area contributed by atoms with Crippen LogP contribution in [0.25, 0.3) is 55.5 Å². The quantitative estimate of drug-likeness (QED) is 0.296. The summed E-state index contributed by atoms with van der Waals surface area (Å²) in [6, 6.07) is 34.1. The summed E-state index contributed by atoms with van der Waals surface area (Å²) in [7, 11) is 0. The van der Waals surface area contributed by atoms with E-state index in [4.69, 9.17) is 0 Å². The Labute approximate surface area is 197 Å². The molecule has 0 fully saturated rings. The molecular weight excluding hydrogens is 416 g/mol. The van der Waals surface area contributed by atoms with Gasteiger partial charge in [-0.3, -0.25) is 4.98 Å². The summed E-state index contributed by atoms with van der Waals surface area (Å²) in [5.74, 6) is 0.650. The molecule has 0 amide bonds. The van der Waals surface area contributed by atoms with Gasteiger partial charge in [0.1, 0.15) is 12.7 Å². The minimum absolute atomic E-state index is 0.650. The molecule has 0 aliphatic rings. The highest BCUT2D eigenvalue weighted by Gasteiger charge is 2.13. The van der Waals surface area contributed by atoms with Crippen LogP contribution in [-0.2, 0) is 0 Å². The predicted molar refractivity (Wildman–Crippen MR) is 137 cm³/mol. The van der Waals surface area contributed by atoms with Gasteiger partial charge in [-0.1, -0.05) is 66.7 Å². The van der Waals surface area contributed by atoms with Gasteiger partial charge in [0.15, 0.2) is 5.82 Å². The van der Waals surface area contributed by atoms with Crippen LogP contribution in [0.1, 0.15) is 0 Å². The van der Waals surface area contributed by atoms with Gasteiger partial charge < -0.3 is 0 Å². The Hall–Kier alpha value is -4.70. The average Bonchev–Trinajstić information content (AvgIpc) is 2.93. The molecule has 4 aromatic carbocycles. The normalized spacial score (nSPS) is 10.9. The molecule has 0 bridgehead atoms. The number of fused-ring (bicyclic) bond motifs is 1. The summed E-state index contributed by atoms with van der Waals surface area (Å²) in [6.45, 7) is 0. The van der Waals surface area contributed by atoms with E-state index in [2.05, 4.69) is 98.8 Å². The van der Waals surface area contributed by atoms with Gasteiger partial charge in [-0.25, -0.2) is 15.0 Å². The molecule has 2 aromatic heterocycles. The van der Waals surface area contributed by atoms with E-state index >= 15 is 0 Å². The number of benzene rings is 4. The first kappa shape index (κ1) is 19.9. The van der Waals surface area contributed by atoms with Gasteiger partial charge in [-0.15, -0.1) is 0 Å². The van der Waals surface area contributed by atoms with Crippen molar-refractivity contribution in [2.24, 2.45) is 0 Å². The van der Waals surface area contributed by atoms with Crippen molar-refractivity contribution in [3.8, 4) is 44.8 Å². The lowest BCUT2D eigenvalue weighted by Gasteiger charge is -2.14. The molecule has 160 valence electrons. The maximum Gasteiger partial charge on any atom is 0.162 e. The topological polar surface area (TPSA) is 51.6 Å². The molecule has 0 aliphatic carbocycles. The van der Waals surface area contributed by atoms with Crippen molar-refractivity contribution in [3.05, 3.63) is 122 Å². The lowest BCUT2D eigenvalue weighted by molar-refractivity contribution is 1.06. The first-order chi connectivity index (χ1) is 16.9. The minimum atomic E-state index is 0.650. The third-order valence-electron chi connectivity index (χ3n) is 6.02. The maximum atomic E-state index is 4.40. The van der Waals surface area contributed by atoms with E-state index in [1.54, 1.807) is 0 Å². The number of rotatable bonds is 4. The fourth-order valence-corrected chi connectivity index (χ4v) is 4.43. The summed E-state index contributed by atoms with van der Waals surface area (Å²) in [5.41, 5.74) is 7.85. The first-order valence-electron chi connectivity index (χ1n) is 11.1. The fourth-order valence-electron chi connectivity index (χ4n) is 4.43. The largest absolute Gasteiger partial charge is 0.265 e. The standard InChI is InChI=1S/C30H20N4/c1-2-6-22(7-3-1)26-10-11-27(29-9-5-4-8-28(26)29)24-16-23(21-12-14-31-15-13-21)17-25(18-24)30-33-19-32-20-34-30/h1-20H. The molecule has 34 heavy (non-hydrogen) atoms. The van der Waals surface area contributed by atoms with Crippen LogP contribution in [0.3, 0.4) is 0 Å². The zero-order valence-electron chi connectivity index (χ0n) is 18.3. The second kappa shape index (κ2) is 8.68. The highest BCUT2D eigenvalue weighted by molar-refractivity contribution is 6.05. The Morgan fingerprint density at radius 1 is 0.412 bits per heavy atom. The second-order valence-electron chi connectivity index (χ2n) is 8.07. The lowest BCUT2D eigenvalue weighted by Crippen LogP contribution is -1.92. The van der Waals surface area contributed by atoms with Crippen molar-refractivity contribution in [1.82, 2.24) is 19.9 Å². The summed E-state index contributed by atoms with van der Waals surface area (Å²) in [5, 5.41) is 2.43. The molecule has 0 N–H and O–H groups in total. The third kappa shape index (κ3) is 3.71. The Balaban J connectivity index is 1.60. The van der Waals surface area contributed by atoms with Crippen LogP contribution in [-0.4, -0.2) is 19.9 Å². The van der Waals surface area contributed by atoms with Crippen LogP contribution in [0.4, 0.5) is 0 Å². The van der Waals surface area contributed by atoms with Crippen molar-refractivity contribution < 1.29 is 0 Å². The molecule has 0 atom stereocenters. The Morgan fingerprint density at radius 3 is 1.71 bits per heavy atom. The maximum absolute atomic E-state index is 4.40. The van der Waals surface area contributed by atoms with E-state index in [-0.39, 0.29) is 0 Å². The molecule has 6 rings (SSSR count). The molecular formula is C30H20N4. The zero-order valence-corrected chi connectivity index (χ0v) is 18.3. The molecule has 0 saturated carbocycles.